The Labute approximate surface area is 195 Å². The van der Waals surface area contributed by atoms with E-state index >= 15 is 0 Å². The predicted molar refractivity (Wildman–Crippen MR) is 125 cm³/mol. The van der Waals surface area contributed by atoms with Gasteiger partial charge in [0.1, 0.15) is 11.4 Å². The molecular formula is C25H30N2O5S. The lowest BCUT2D eigenvalue weighted by molar-refractivity contribution is 0.0157. The van der Waals surface area contributed by atoms with Crippen LogP contribution in [0, 0.1) is 17.2 Å². The maximum atomic E-state index is 13.3. The number of sulfone groups is 1. The monoisotopic (exact) mass is 470 g/mol. The number of likely N-dealkylation sites (tertiary alicyclic amines) is 1. The highest BCUT2D eigenvalue weighted by Gasteiger charge is 2.37. The zero-order valence-corrected chi connectivity index (χ0v) is 20.3. The van der Waals surface area contributed by atoms with Crippen LogP contribution in [0.1, 0.15) is 44.2 Å². The minimum absolute atomic E-state index is 0.0523. The number of methoxy groups -OCH3 is 1. The Kier molecular flexibility index (Phi) is 7.33. The fourth-order valence-corrected chi connectivity index (χ4v) is 5.81. The lowest BCUT2D eigenvalue weighted by Gasteiger charge is -2.39. The van der Waals surface area contributed by atoms with Crippen molar-refractivity contribution in [2.75, 3.05) is 26.0 Å². The van der Waals surface area contributed by atoms with Crippen molar-refractivity contribution in [1.82, 2.24) is 4.90 Å². The third-order valence-corrected chi connectivity index (χ3v) is 7.52. The van der Waals surface area contributed by atoms with Crippen LogP contribution >= 0.6 is 0 Å². The molecule has 0 bridgehead atoms. The highest BCUT2D eigenvalue weighted by Crippen LogP contribution is 2.36. The lowest BCUT2D eigenvalue weighted by atomic mass is 9.81. The summed E-state index contributed by atoms with van der Waals surface area (Å²) in [5.74, 6) is 0.194. The molecular weight excluding hydrogens is 440 g/mol. The van der Waals surface area contributed by atoms with Crippen LogP contribution in [0.5, 0.6) is 5.75 Å². The second-order valence-corrected chi connectivity index (χ2v) is 11.3. The predicted octanol–water partition coefficient (Wildman–Crippen LogP) is 4.38. The molecule has 0 aliphatic carbocycles. The van der Waals surface area contributed by atoms with Crippen LogP contribution in [-0.2, 0) is 14.6 Å². The molecule has 1 heterocycles. The van der Waals surface area contributed by atoms with Crippen LogP contribution in [-0.4, -0.2) is 51.0 Å². The van der Waals surface area contributed by atoms with Crippen molar-refractivity contribution in [2.45, 2.75) is 43.6 Å². The number of rotatable bonds is 5. The minimum atomic E-state index is -3.69. The van der Waals surface area contributed by atoms with Crippen molar-refractivity contribution in [3.8, 4) is 11.8 Å². The van der Waals surface area contributed by atoms with Crippen LogP contribution in [0.2, 0.25) is 0 Å². The quantitative estimate of drug-likeness (QED) is 0.643. The molecule has 1 fully saturated rings. The Morgan fingerprint density at radius 2 is 1.88 bits per heavy atom. The van der Waals surface area contributed by atoms with E-state index in [0.29, 0.717) is 18.5 Å². The molecule has 2 atom stereocenters. The Balaban J connectivity index is 1.90. The van der Waals surface area contributed by atoms with Crippen molar-refractivity contribution in [1.29, 1.82) is 5.26 Å². The van der Waals surface area contributed by atoms with Gasteiger partial charge < -0.3 is 14.4 Å². The normalized spacial score (nSPS) is 18.9. The fourth-order valence-electron chi connectivity index (χ4n) is 4.12. The van der Waals surface area contributed by atoms with Gasteiger partial charge in [-0.3, -0.25) is 0 Å². The second kappa shape index (κ2) is 9.84. The Hall–Kier alpha value is -3.05. The van der Waals surface area contributed by atoms with E-state index in [9.17, 15) is 13.2 Å². The van der Waals surface area contributed by atoms with Crippen molar-refractivity contribution in [3.05, 3.63) is 59.7 Å². The molecule has 1 aliphatic heterocycles. The van der Waals surface area contributed by atoms with Gasteiger partial charge >= 0.3 is 6.09 Å². The number of hydrogen-bond donors (Lipinski definition) is 0. The summed E-state index contributed by atoms with van der Waals surface area (Å²) in [7, 11) is -2.09. The maximum absolute atomic E-state index is 13.3. The minimum Gasteiger partial charge on any atom is -0.497 e. The smallest absolute Gasteiger partial charge is 0.410 e. The molecule has 0 spiro atoms. The van der Waals surface area contributed by atoms with E-state index in [1.54, 1.807) is 44.9 Å². The number of nitriles is 1. The van der Waals surface area contributed by atoms with E-state index in [-0.39, 0.29) is 29.0 Å². The van der Waals surface area contributed by atoms with Crippen LogP contribution in [0.25, 0.3) is 0 Å². The number of piperidine rings is 1. The average Bonchev–Trinajstić information content (AvgIpc) is 2.78. The van der Waals surface area contributed by atoms with Gasteiger partial charge in [-0.05, 0) is 74.9 Å². The van der Waals surface area contributed by atoms with Crippen molar-refractivity contribution in [3.63, 3.8) is 0 Å². The fraction of sp³-hybridized carbons (Fsp3) is 0.440. The van der Waals surface area contributed by atoms with E-state index in [0.717, 1.165) is 11.3 Å². The molecule has 2 aromatic carbocycles. The van der Waals surface area contributed by atoms with Gasteiger partial charge in [-0.25, -0.2) is 13.2 Å². The molecule has 7 nitrogen and oxygen atoms in total. The topological polar surface area (TPSA) is 96.7 Å². The first-order valence-corrected chi connectivity index (χ1v) is 12.5. The zero-order chi connectivity index (χ0) is 24.2. The molecule has 176 valence electrons. The largest absolute Gasteiger partial charge is 0.497 e. The van der Waals surface area contributed by atoms with Crippen molar-refractivity contribution < 1.29 is 22.7 Å². The van der Waals surface area contributed by atoms with E-state index < -0.39 is 21.5 Å². The molecule has 1 amide bonds. The first kappa shape index (κ1) is 24.6. The van der Waals surface area contributed by atoms with Gasteiger partial charge in [-0.15, -0.1) is 0 Å². The highest BCUT2D eigenvalue weighted by molar-refractivity contribution is 7.91. The molecule has 0 N–H and O–H groups in total. The summed E-state index contributed by atoms with van der Waals surface area (Å²) < 4.78 is 37.3. The van der Waals surface area contributed by atoms with Gasteiger partial charge in [0.25, 0.3) is 0 Å². The highest BCUT2D eigenvalue weighted by atomic mass is 32.2. The van der Waals surface area contributed by atoms with Gasteiger partial charge in [0.15, 0.2) is 9.84 Å². The summed E-state index contributed by atoms with van der Waals surface area (Å²) >= 11 is 0. The molecule has 3 rings (SSSR count). The number of amides is 1. The summed E-state index contributed by atoms with van der Waals surface area (Å²) in [6.45, 7) is 6.16. The summed E-state index contributed by atoms with van der Waals surface area (Å²) in [5.41, 5.74) is 0.663. The Bertz CT molecular complexity index is 1130. The van der Waals surface area contributed by atoms with Crippen molar-refractivity contribution >= 4 is 15.9 Å². The lowest BCUT2D eigenvalue weighted by Crippen LogP contribution is -2.47. The molecule has 0 saturated carbocycles. The number of benzene rings is 2. The van der Waals surface area contributed by atoms with E-state index in [1.165, 1.54) is 12.1 Å². The molecule has 0 radical (unpaired) electrons. The number of carbonyl (C=O) groups is 1. The number of carbonyl (C=O) groups excluding carboxylic acids is 1. The summed E-state index contributed by atoms with van der Waals surface area (Å²) in [5, 5.41) is 9.16. The van der Waals surface area contributed by atoms with Gasteiger partial charge in [0.05, 0.1) is 29.4 Å². The van der Waals surface area contributed by atoms with E-state index in [2.05, 4.69) is 0 Å². The van der Waals surface area contributed by atoms with E-state index in [1.807, 2.05) is 30.3 Å². The first-order valence-electron chi connectivity index (χ1n) is 10.9. The molecule has 2 aromatic rings. The van der Waals surface area contributed by atoms with Crippen LogP contribution < -0.4 is 4.74 Å². The summed E-state index contributed by atoms with van der Waals surface area (Å²) in [6.07, 6.45) is 0.175. The van der Waals surface area contributed by atoms with E-state index in [4.69, 9.17) is 14.7 Å². The SMILES string of the molecule is COc1ccc(C2CCN(C(=O)OC(C)(C)C)CC2CS(=O)(=O)c2cccc(C#N)c2)cc1. The molecule has 1 aliphatic rings. The second-order valence-electron chi connectivity index (χ2n) is 9.28. The van der Waals surface area contributed by atoms with Crippen molar-refractivity contribution in [2.24, 2.45) is 5.92 Å². The Morgan fingerprint density at radius 1 is 1.18 bits per heavy atom. The summed E-state index contributed by atoms with van der Waals surface area (Å²) in [6, 6.07) is 15.6. The zero-order valence-electron chi connectivity index (χ0n) is 19.4. The summed E-state index contributed by atoms with van der Waals surface area (Å²) in [4.78, 5) is 14.4. The average molecular weight is 471 g/mol. The van der Waals surface area contributed by atoms with Gasteiger partial charge in [-0.2, -0.15) is 5.26 Å². The Morgan fingerprint density at radius 3 is 2.48 bits per heavy atom. The standard InChI is InChI=1S/C25H30N2O5S/c1-25(2,3)32-24(28)27-13-12-23(19-8-10-21(31-4)11-9-19)20(16-27)17-33(29,30)22-7-5-6-18(14-22)15-26/h5-11,14,20,23H,12-13,16-17H2,1-4H3. The van der Waals surface area contributed by atoms with Gasteiger partial charge in [0.2, 0.25) is 0 Å². The van der Waals surface area contributed by atoms with Gasteiger partial charge in [0, 0.05) is 13.1 Å². The van der Waals surface area contributed by atoms with Crippen LogP contribution in [0.4, 0.5) is 4.79 Å². The van der Waals surface area contributed by atoms with Gasteiger partial charge in [-0.1, -0.05) is 18.2 Å². The number of nitrogens with zero attached hydrogens (tertiary/aromatic N) is 2. The third-order valence-electron chi connectivity index (χ3n) is 5.69. The molecule has 8 heteroatoms. The first-order chi connectivity index (χ1) is 15.5. The molecule has 33 heavy (non-hydrogen) atoms. The number of ether oxygens (including phenoxy) is 2. The molecule has 2 unspecified atom stereocenters. The molecule has 1 saturated heterocycles. The van der Waals surface area contributed by atoms with Crippen LogP contribution in [0.15, 0.2) is 53.4 Å². The molecule has 0 aromatic heterocycles. The third kappa shape index (κ3) is 6.26. The van der Waals surface area contributed by atoms with Crippen LogP contribution in [0.3, 0.4) is 0 Å². The maximum Gasteiger partial charge on any atom is 0.410 e. The number of hydrogen-bond acceptors (Lipinski definition) is 6.